The Kier molecular flexibility index (Phi) is 6.03. The van der Waals surface area contributed by atoms with E-state index in [1.165, 1.54) is 6.07 Å². The van der Waals surface area contributed by atoms with Crippen molar-refractivity contribution in [3.63, 3.8) is 0 Å². The molecule has 136 valence electrons. The highest BCUT2D eigenvalue weighted by Gasteiger charge is 2.22. The molecule has 0 bridgehead atoms. The van der Waals surface area contributed by atoms with Gasteiger partial charge in [-0.2, -0.15) is 0 Å². The van der Waals surface area contributed by atoms with E-state index in [2.05, 4.69) is 26.1 Å². The van der Waals surface area contributed by atoms with Crippen molar-refractivity contribution in [1.29, 1.82) is 0 Å². The fourth-order valence-electron chi connectivity index (χ4n) is 2.56. The summed E-state index contributed by atoms with van der Waals surface area (Å²) in [5.41, 5.74) is 1.11. The van der Waals surface area contributed by atoms with Crippen molar-refractivity contribution in [3.8, 4) is 0 Å². The molecule has 0 saturated carbocycles. The van der Waals surface area contributed by atoms with Gasteiger partial charge in [-0.25, -0.2) is 13.6 Å². The summed E-state index contributed by atoms with van der Waals surface area (Å²) < 4.78 is 22.8. The van der Waals surface area contributed by atoms with Crippen molar-refractivity contribution in [2.45, 2.75) is 43.9 Å². The van der Waals surface area contributed by atoms with Crippen LogP contribution in [0, 0.1) is 5.41 Å². The number of sulfonamides is 1. The lowest BCUT2D eigenvalue weighted by Crippen LogP contribution is -2.32. The summed E-state index contributed by atoms with van der Waals surface area (Å²) >= 11 is 1.03. The number of nitrogens with one attached hydrogen (secondary N) is 1. The van der Waals surface area contributed by atoms with E-state index in [4.69, 9.17) is 5.14 Å². The Bertz CT molecular complexity index is 822. The molecule has 7 heteroatoms. The van der Waals surface area contributed by atoms with Crippen LogP contribution in [0.15, 0.2) is 46.7 Å². The topological polar surface area (TPSA) is 89.3 Å². The monoisotopic (exact) mass is 380 g/mol. The van der Waals surface area contributed by atoms with Crippen LogP contribution in [0.1, 0.15) is 43.7 Å². The molecule has 1 aromatic heterocycles. The maximum atomic E-state index is 12.5. The van der Waals surface area contributed by atoms with E-state index in [1.54, 1.807) is 6.07 Å². The highest BCUT2D eigenvalue weighted by Crippen LogP contribution is 2.29. The fraction of sp³-hybridized carbons (Fsp3) is 0.389. The highest BCUT2D eigenvalue weighted by molar-refractivity contribution is 7.91. The molecular weight excluding hydrogens is 356 g/mol. The molecule has 1 heterocycles. The van der Waals surface area contributed by atoms with Crippen LogP contribution in [0.5, 0.6) is 0 Å². The number of primary sulfonamides is 1. The molecular formula is C18H24N2O3S2. The maximum absolute atomic E-state index is 12.5. The molecule has 1 unspecified atom stereocenters. The lowest BCUT2D eigenvalue weighted by molar-refractivity contribution is -0.121. The molecule has 0 aliphatic heterocycles. The lowest BCUT2D eigenvalue weighted by Gasteiger charge is -2.27. The smallest absolute Gasteiger partial charge is 0.247 e. The van der Waals surface area contributed by atoms with E-state index in [9.17, 15) is 13.2 Å². The maximum Gasteiger partial charge on any atom is 0.247 e. The first-order chi connectivity index (χ1) is 11.5. The largest absolute Gasteiger partial charge is 0.349 e. The molecule has 1 atom stereocenters. The van der Waals surface area contributed by atoms with Gasteiger partial charge in [0.15, 0.2) is 0 Å². The van der Waals surface area contributed by atoms with Gasteiger partial charge in [0.25, 0.3) is 0 Å². The van der Waals surface area contributed by atoms with Crippen LogP contribution in [0.25, 0.3) is 0 Å². The van der Waals surface area contributed by atoms with Crippen LogP contribution in [0.4, 0.5) is 0 Å². The number of nitrogens with two attached hydrogens (primary N) is 1. The first-order valence-electron chi connectivity index (χ1n) is 8.00. The minimum absolute atomic E-state index is 0.0531. The number of carbonyl (C=O) groups excluding carboxylic acids is 1. The van der Waals surface area contributed by atoms with Crippen molar-refractivity contribution in [2.75, 3.05) is 0 Å². The Hall–Kier alpha value is -1.70. The van der Waals surface area contributed by atoms with Crippen LogP contribution >= 0.6 is 11.3 Å². The molecule has 0 radical (unpaired) electrons. The molecule has 0 aliphatic rings. The number of hydrogen-bond donors (Lipinski definition) is 2. The highest BCUT2D eigenvalue weighted by atomic mass is 32.2. The van der Waals surface area contributed by atoms with Gasteiger partial charge < -0.3 is 5.32 Å². The van der Waals surface area contributed by atoms with Crippen molar-refractivity contribution in [3.05, 3.63) is 52.9 Å². The van der Waals surface area contributed by atoms with Crippen LogP contribution in [0.2, 0.25) is 0 Å². The number of hydrogen-bond acceptors (Lipinski definition) is 4. The molecule has 1 aromatic carbocycles. The third kappa shape index (κ3) is 6.26. The summed E-state index contributed by atoms with van der Waals surface area (Å²) in [6, 6.07) is 12.8. The third-order valence-corrected chi connectivity index (χ3v) is 6.13. The van der Waals surface area contributed by atoms with Gasteiger partial charge >= 0.3 is 0 Å². The molecule has 5 nitrogen and oxygen atoms in total. The zero-order valence-electron chi connectivity index (χ0n) is 14.7. The first-order valence-corrected chi connectivity index (χ1v) is 10.4. The number of amides is 1. The van der Waals surface area contributed by atoms with Gasteiger partial charge in [0.2, 0.25) is 15.9 Å². The standard InChI is InChI=1S/C18H24N2O3S2/c1-18(2,3)12-15(13-7-5-4-6-8-13)20-16(21)11-14-9-10-17(24-14)25(19,22)23/h4-10,15H,11-12H2,1-3H3,(H,20,21)(H2,19,22,23). The number of carbonyl (C=O) groups is 1. The average molecular weight is 381 g/mol. The van der Waals surface area contributed by atoms with E-state index in [1.807, 2.05) is 30.3 Å². The zero-order chi connectivity index (χ0) is 18.7. The van der Waals surface area contributed by atoms with Crippen molar-refractivity contribution < 1.29 is 13.2 Å². The fourth-order valence-corrected chi connectivity index (χ4v) is 4.34. The van der Waals surface area contributed by atoms with E-state index in [0.717, 1.165) is 23.3 Å². The van der Waals surface area contributed by atoms with Crippen molar-refractivity contribution in [2.24, 2.45) is 10.6 Å². The Morgan fingerprint density at radius 3 is 2.32 bits per heavy atom. The van der Waals surface area contributed by atoms with Gasteiger partial charge in [0.05, 0.1) is 12.5 Å². The molecule has 2 aromatic rings. The second-order valence-electron chi connectivity index (χ2n) is 7.24. The molecule has 0 fully saturated rings. The quantitative estimate of drug-likeness (QED) is 0.806. The lowest BCUT2D eigenvalue weighted by atomic mass is 9.85. The Labute approximate surface area is 153 Å². The predicted octanol–water partition coefficient (Wildman–Crippen LogP) is 3.23. The van der Waals surface area contributed by atoms with Gasteiger partial charge in [0.1, 0.15) is 4.21 Å². The minimum atomic E-state index is -3.72. The molecule has 3 N–H and O–H groups in total. The summed E-state index contributed by atoms with van der Waals surface area (Å²) in [6.45, 7) is 6.40. The van der Waals surface area contributed by atoms with Crippen molar-refractivity contribution in [1.82, 2.24) is 5.32 Å². The summed E-state index contributed by atoms with van der Waals surface area (Å²) in [7, 11) is -3.72. The first kappa shape index (κ1) is 19.6. The van der Waals surface area contributed by atoms with Crippen LogP contribution in [-0.2, 0) is 21.2 Å². The van der Waals surface area contributed by atoms with E-state index < -0.39 is 10.0 Å². The normalized spacial score (nSPS) is 13.4. The van der Waals surface area contributed by atoms with E-state index in [0.29, 0.717) is 4.88 Å². The van der Waals surface area contributed by atoms with Gasteiger partial charge in [-0.15, -0.1) is 11.3 Å². The zero-order valence-corrected chi connectivity index (χ0v) is 16.3. The Morgan fingerprint density at radius 1 is 1.16 bits per heavy atom. The van der Waals surface area contributed by atoms with Gasteiger partial charge in [0, 0.05) is 4.88 Å². The molecule has 0 aliphatic carbocycles. The van der Waals surface area contributed by atoms with Crippen LogP contribution in [-0.4, -0.2) is 14.3 Å². The molecule has 25 heavy (non-hydrogen) atoms. The minimum Gasteiger partial charge on any atom is -0.349 e. The van der Waals surface area contributed by atoms with Gasteiger partial charge in [-0.3, -0.25) is 4.79 Å². The molecule has 2 rings (SSSR count). The molecule has 0 spiro atoms. The Balaban J connectivity index is 2.10. The van der Waals surface area contributed by atoms with Crippen LogP contribution in [0.3, 0.4) is 0 Å². The van der Waals surface area contributed by atoms with Gasteiger partial charge in [-0.1, -0.05) is 51.1 Å². The third-order valence-electron chi connectivity index (χ3n) is 3.61. The summed E-state index contributed by atoms with van der Waals surface area (Å²) in [5, 5.41) is 8.18. The number of thiophene rings is 1. The summed E-state index contributed by atoms with van der Waals surface area (Å²) in [5.74, 6) is -0.138. The number of benzene rings is 1. The van der Waals surface area contributed by atoms with Gasteiger partial charge in [-0.05, 0) is 29.5 Å². The average Bonchev–Trinajstić information content (AvgIpc) is 2.94. The molecule has 0 saturated heterocycles. The predicted molar refractivity (Wildman–Crippen MR) is 101 cm³/mol. The van der Waals surface area contributed by atoms with Crippen molar-refractivity contribution >= 4 is 27.3 Å². The summed E-state index contributed by atoms with van der Waals surface area (Å²) in [4.78, 5) is 13.1. The van der Waals surface area contributed by atoms with Crippen LogP contribution < -0.4 is 10.5 Å². The van der Waals surface area contributed by atoms with E-state index >= 15 is 0 Å². The summed E-state index contributed by atoms with van der Waals surface area (Å²) in [6.07, 6.45) is 0.934. The van der Waals surface area contributed by atoms with E-state index in [-0.39, 0.29) is 28.0 Å². The second kappa shape index (κ2) is 7.68. The molecule has 1 amide bonds. The Morgan fingerprint density at radius 2 is 1.80 bits per heavy atom. The SMILES string of the molecule is CC(C)(C)CC(NC(=O)Cc1ccc(S(N)(=O)=O)s1)c1ccccc1. The number of rotatable bonds is 6. The second-order valence-corrected chi connectivity index (χ2v) is 10.2.